The molecule has 0 amide bonds. The molecule has 0 fully saturated rings. The molecule has 0 heterocycles. The standard InChI is InChI=1S/C23H44O4/c1-6-8-10-11-12-13-14-15-16-20(4)27-22(26)23(5,17-9-7-2)18-19(3)21(24)25/h19-20H,6-18H2,1-5H3,(H,24,25). The zero-order chi connectivity index (χ0) is 20.7. The number of carboxylic acids is 1. The summed E-state index contributed by atoms with van der Waals surface area (Å²) in [6.45, 7) is 9.81. The van der Waals surface area contributed by atoms with E-state index in [-0.39, 0.29) is 12.1 Å². The summed E-state index contributed by atoms with van der Waals surface area (Å²) >= 11 is 0. The van der Waals surface area contributed by atoms with Gasteiger partial charge in [-0.25, -0.2) is 0 Å². The Morgan fingerprint density at radius 2 is 1.41 bits per heavy atom. The minimum atomic E-state index is -0.850. The number of carbonyl (C=O) groups excluding carboxylic acids is 1. The Morgan fingerprint density at radius 1 is 0.889 bits per heavy atom. The summed E-state index contributed by atoms with van der Waals surface area (Å²) in [5, 5.41) is 9.22. The molecule has 0 aromatic heterocycles. The van der Waals surface area contributed by atoms with E-state index in [0.29, 0.717) is 12.8 Å². The fourth-order valence-electron chi connectivity index (χ4n) is 3.57. The largest absolute Gasteiger partial charge is 0.481 e. The number of ether oxygens (including phenoxy) is 1. The molecule has 160 valence electrons. The number of aliphatic carboxylic acids is 1. The average Bonchev–Trinajstić information content (AvgIpc) is 2.62. The summed E-state index contributed by atoms with van der Waals surface area (Å²) in [5.41, 5.74) is -0.707. The average molecular weight is 385 g/mol. The topological polar surface area (TPSA) is 63.6 Å². The van der Waals surface area contributed by atoms with E-state index in [1.165, 1.54) is 44.9 Å². The fourth-order valence-corrected chi connectivity index (χ4v) is 3.57. The Labute approximate surface area is 167 Å². The van der Waals surface area contributed by atoms with Crippen molar-refractivity contribution in [3.8, 4) is 0 Å². The number of hydrogen-bond donors (Lipinski definition) is 1. The second-order valence-corrected chi connectivity index (χ2v) is 8.59. The molecule has 4 nitrogen and oxygen atoms in total. The first-order valence-corrected chi connectivity index (χ1v) is 11.2. The predicted octanol–water partition coefficient (Wildman–Crippen LogP) is 6.76. The maximum absolute atomic E-state index is 12.8. The van der Waals surface area contributed by atoms with E-state index in [1.807, 2.05) is 13.8 Å². The van der Waals surface area contributed by atoms with Crippen LogP contribution < -0.4 is 0 Å². The van der Waals surface area contributed by atoms with Crippen LogP contribution in [-0.4, -0.2) is 23.1 Å². The predicted molar refractivity (Wildman–Crippen MR) is 112 cm³/mol. The van der Waals surface area contributed by atoms with Gasteiger partial charge < -0.3 is 9.84 Å². The van der Waals surface area contributed by atoms with Gasteiger partial charge in [-0.1, -0.05) is 78.6 Å². The lowest BCUT2D eigenvalue weighted by Gasteiger charge is -2.30. The van der Waals surface area contributed by atoms with Gasteiger partial charge >= 0.3 is 11.9 Å². The third kappa shape index (κ3) is 12.1. The van der Waals surface area contributed by atoms with E-state index < -0.39 is 17.3 Å². The van der Waals surface area contributed by atoms with Gasteiger partial charge in [-0.05, 0) is 39.5 Å². The van der Waals surface area contributed by atoms with Gasteiger partial charge in [0.1, 0.15) is 0 Å². The number of esters is 1. The van der Waals surface area contributed by atoms with E-state index in [0.717, 1.165) is 25.7 Å². The molecular weight excluding hydrogens is 340 g/mol. The smallest absolute Gasteiger partial charge is 0.312 e. The Hall–Kier alpha value is -1.06. The number of carboxylic acid groups (broad SMARTS) is 1. The van der Waals surface area contributed by atoms with Crippen LogP contribution in [0.2, 0.25) is 0 Å². The van der Waals surface area contributed by atoms with Gasteiger partial charge in [-0.2, -0.15) is 0 Å². The molecular formula is C23H44O4. The zero-order valence-electron chi connectivity index (χ0n) is 18.5. The molecule has 0 aliphatic carbocycles. The van der Waals surface area contributed by atoms with Gasteiger partial charge in [-0.3, -0.25) is 9.59 Å². The molecule has 3 unspecified atom stereocenters. The molecule has 0 rings (SSSR count). The summed E-state index contributed by atoms with van der Waals surface area (Å²) in [7, 11) is 0. The molecule has 0 aliphatic rings. The van der Waals surface area contributed by atoms with Gasteiger partial charge in [-0.15, -0.1) is 0 Å². The molecule has 0 aromatic rings. The molecule has 0 aliphatic heterocycles. The highest BCUT2D eigenvalue weighted by Gasteiger charge is 2.38. The third-order valence-electron chi connectivity index (χ3n) is 5.53. The molecule has 0 spiro atoms. The van der Waals surface area contributed by atoms with Crippen LogP contribution in [0.4, 0.5) is 0 Å². The maximum atomic E-state index is 12.8. The molecule has 4 heteroatoms. The first-order valence-electron chi connectivity index (χ1n) is 11.2. The van der Waals surface area contributed by atoms with Crippen LogP contribution in [-0.2, 0) is 14.3 Å². The molecule has 0 radical (unpaired) electrons. The van der Waals surface area contributed by atoms with Crippen LogP contribution in [0, 0.1) is 11.3 Å². The molecule has 0 saturated carbocycles. The van der Waals surface area contributed by atoms with E-state index >= 15 is 0 Å². The van der Waals surface area contributed by atoms with E-state index in [9.17, 15) is 14.7 Å². The third-order valence-corrected chi connectivity index (χ3v) is 5.53. The normalized spacial score (nSPS) is 15.7. The monoisotopic (exact) mass is 384 g/mol. The molecule has 3 atom stereocenters. The van der Waals surface area contributed by atoms with Crippen molar-refractivity contribution in [3.05, 3.63) is 0 Å². The summed E-state index contributed by atoms with van der Waals surface area (Å²) < 4.78 is 5.72. The maximum Gasteiger partial charge on any atom is 0.312 e. The van der Waals surface area contributed by atoms with Gasteiger partial charge in [0.25, 0.3) is 0 Å². The summed E-state index contributed by atoms with van der Waals surface area (Å²) in [5.74, 6) is -1.61. The second-order valence-electron chi connectivity index (χ2n) is 8.59. The minimum absolute atomic E-state index is 0.0984. The lowest BCUT2D eigenvalue weighted by molar-refractivity contribution is -0.162. The Balaban J connectivity index is 4.30. The highest BCUT2D eigenvalue weighted by molar-refractivity contribution is 5.78. The van der Waals surface area contributed by atoms with Crippen molar-refractivity contribution < 1.29 is 19.4 Å². The van der Waals surface area contributed by atoms with Crippen molar-refractivity contribution in [2.75, 3.05) is 0 Å². The van der Waals surface area contributed by atoms with Crippen molar-refractivity contribution in [2.45, 2.75) is 124 Å². The van der Waals surface area contributed by atoms with Crippen molar-refractivity contribution >= 4 is 11.9 Å². The highest BCUT2D eigenvalue weighted by Crippen LogP contribution is 2.34. The number of hydrogen-bond acceptors (Lipinski definition) is 3. The number of rotatable bonds is 17. The lowest BCUT2D eigenvalue weighted by Crippen LogP contribution is -2.35. The zero-order valence-corrected chi connectivity index (χ0v) is 18.5. The molecule has 27 heavy (non-hydrogen) atoms. The molecule has 0 bridgehead atoms. The number of carbonyl (C=O) groups is 2. The number of unbranched alkanes of at least 4 members (excludes halogenated alkanes) is 8. The van der Waals surface area contributed by atoms with Crippen LogP contribution in [0.3, 0.4) is 0 Å². The minimum Gasteiger partial charge on any atom is -0.481 e. The molecule has 1 N–H and O–H groups in total. The summed E-state index contributed by atoms with van der Waals surface area (Å²) in [4.78, 5) is 24.0. The second kappa shape index (κ2) is 14.9. The van der Waals surface area contributed by atoms with Crippen LogP contribution in [0.1, 0.15) is 118 Å². The van der Waals surface area contributed by atoms with Crippen molar-refractivity contribution in [1.82, 2.24) is 0 Å². The van der Waals surface area contributed by atoms with E-state index in [2.05, 4.69) is 13.8 Å². The first-order chi connectivity index (χ1) is 12.8. The Bertz CT molecular complexity index is 407. The van der Waals surface area contributed by atoms with Crippen LogP contribution >= 0.6 is 0 Å². The highest BCUT2D eigenvalue weighted by atomic mass is 16.5. The first kappa shape index (κ1) is 25.9. The lowest BCUT2D eigenvalue weighted by atomic mass is 9.77. The SMILES string of the molecule is CCCCCCCCCCC(C)OC(=O)C(C)(CCCC)CC(C)C(=O)O. The van der Waals surface area contributed by atoms with Gasteiger partial charge in [0, 0.05) is 0 Å². The quantitative estimate of drug-likeness (QED) is 0.222. The summed E-state index contributed by atoms with van der Waals surface area (Å²) in [6, 6.07) is 0. The van der Waals surface area contributed by atoms with E-state index in [1.54, 1.807) is 6.92 Å². The molecule has 0 aromatic carbocycles. The van der Waals surface area contributed by atoms with Gasteiger partial charge in [0.05, 0.1) is 17.4 Å². The van der Waals surface area contributed by atoms with E-state index in [4.69, 9.17) is 4.74 Å². The summed E-state index contributed by atoms with van der Waals surface area (Å²) in [6.07, 6.45) is 13.8. The van der Waals surface area contributed by atoms with Crippen molar-refractivity contribution in [3.63, 3.8) is 0 Å². The van der Waals surface area contributed by atoms with Gasteiger partial charge in [0.15, 0.2) is 0 Å². The van der Waals surface area contributed by atoms with Crippen LogP contribution in [0.15, 0.2) is 0 Å². The molecule has 0 saturated heterocycles. The van der Waals surface area contributed by atoms with Gasteiger partial charge in [0.2, 0.25) is 0 Å². The fraction of sp³-hybridized carbons (Fsp3) is 0.913. The van der Waals surface area contributed by atoms with Crippen molar-refractivity contribution in [2.24, 2.45) is 11.3 Å². The Morgan fingerprint density at radius 3 is 1.93 bits per heavy atom. The Kier molecular flexibility index (Phi) is 14.3. The van der Waals surface area contributed by atoms with Crippen LogP contribution in [0.5, 0.6) is 0 Å². The van der Waals surface area contributed by atoms with Crippen LogP contribution in [0.25, 0.3) is 0 Å². The van der Waals surface area contributed by atoms with Crippen molar-refractivity contribution in [1.29, 1.82) is 0 Å².